The molecule has 3 aromatic rings. The Morgan fingerprint density at radius 2 is 1.95 bits per heavy atom. The number of hydrogen-bond acceptors (Lipinski definition) is 4. The quantitative estimate of drug-likeness (QED) is 0.554. The van der Waals surface area contributed by atoms with Crippen LogP contribution >= 0.6 is 0 Å². The van der Waals surface area contributed by atoms with Gasteiger partial charge < -0.3 is 14.9 Å². The highest BCUT2D eigenvalue weighted by Gasteiger charge is 2.05. The number of aromatic nitrogens is 1. The summed E-state index contributed by atoms with van der Waals surface area (Å²) in [6, 6.07) is 15.8. The Morgan fingerprint density at radius 1 is 1.10 bits per heavy atom. The van der Waals surface area contributed by atoms with E-state index in [-0.39, 0.29) is 0 Å². The van der Waals surface area contributed by atoms with Gasteiger partial charge in [-0.1, -0.05) is 30.3 Å². The van der Waals surface area contributed by atoms with Crippen molar-refractivity contribution in [1.82, 2.24) is 4.98 Å². The second-order valence-electron chi connectivity index (χ2n) is 4.98. The van der Waals surface area contributed by atoms with E-state index in [9.17, 15) is 0 Å². The van der Waals surface area contributed by atoms with E-state index in [1.165, 1.54) is 5.56 Å². The number of oxazole rings is 1. The summed E-state index contributed by atoms with van der Waals surface area (Å²) in [6.45, 7) is 1.08. The van der Waals surface area contributed by atoms with Crippen LogP contribution in [0.15, 0.2) is 52.9 Å². The number of aryl methyl sites for hydroxylation is 1. The molecule has 0 aliphatic heterocycles. The van der Waals surface area contributed by atoms with E-state index in [1.807, 2.05) is 12.1 Å². The minimum atomic E-state index is 0.392. The van der Waals surface area contributed by atoms with Crippen molar-refractivity contribution in [2.24, 2.45) is 0 Å². The summed E-state index contributed by atoms with van der Waals surface area (Å²) in [4.78, 5) is 4.36. The van der Waals surface area contributed by atoms with Gasteiger partial charge in [0, 0.05) is 12.3 Å². The van der Waals surface area contributed by atoms with E-state index in [2.05, 4.69) is 29.2 Å². The largest absolute Gasteiger partial charge is 0.438 e. The van der Waals surface area contributed by atoms with Crippen molar-refractivity contribution in [1.29, 1.82) is 0 Å². The first-order valence-corrected chi connectivity index (χ1v) is 7.08. The third-order valence-corrected chi connectivity index (χ3v) is 3.28. The number of nitrogens with zero attached hydrogens (tertiary/aromatic N) is 1. The van der Waals surface area contributed by atoms with E-state index >= 15 is 0 Å². The van der Waals surface area contributed by atoms with Gasteiger partial charge in [-0.25, -0.2) is 4.98 Å². The standard InChI is InChI=1S/C17H18N2O2/c18-14-8-9-16-15(11-14)19-17(21-16)12-20-10-4-7-13-5-2-1-3-6-13/h1-3,5-6,8-9,11H,4,7,10,12,18H2. The maximum absolute atomic E-state index is 5.72. The molecule has 2 aromatic carbocycles. The van der Waals surface area contributed by atoms with Crippen LogP contribution in [0.5, 0.6) is 0 Å². The van der Waals surface area contributed by atoms with Gasteiger partial charge in [0.2, 0.25) is 5.89 Å². The Labute approximate surface area is 123 Å². The average molecular weight is 282 g/mol. The SMILES string of the molecule is Nc1ccc2oc(COCCCc3ccccc3)nc2c1. The topological polar surface area (TPSA) is 61.3 Å². The molecule has 0 aliphatic rings. The normalized spacial score (nSPS) is 11.0. The molecular weight excluding hydrogens is 264 g/mol. The molecule has 0 unspecified atom stereocenters. The van der Waals surface area contributed by atoms with Crippen molar-refractivity contribution < 1.29 is 9.15 Å². The lowest BCUT2D eigenvalue weighted by molar-refractivity contribution is 0.102. The molecule has 21 heavy (non-hydrogen) atoms. The highest BCUT2D eigenvalue weighted by Crippen LogP contribution is 2.18. The molecule has 0 saturated heterocycles. The fourth-order valence-electron chi connectivity index (χ4n) is 2.24. The highest BCUT2D eigenvalue weighted by atomic mass is 16.5. The van der Waals surface area contributed by atoms with Crippen molar-refractivity contribution in [3.8, 4) is 0 Å². The number of ether oxygens (including phenoxy) is 1. The number of nitrogen functional groups attached to an aromatic ring is 1. The van der Waals surface area contributed by atoms with Crippen molar-refractivity contribution >= 4 is 16.8 Å². The molecule has 2 N–H and O–H groups in total. The van der Waals surface area contributed by atoms with E-state index in [0.29, 0.717) is 24.8 Å². The molecular formula is C17H18N2O2. The lowest BCUT2D eigenvalue weighted by atomic mass is 10.1. The summed E-state index contributed by atoms with van der Waals surface area (Å²) in [5, 5.41) is 0. The molecule has 0 fully saturated rings. The van der Waals surface area contributed by atoms with Crippen molar-refractivity contribution in [2.45, 2.75) is 19.4 Å². The summed E-state index contributed by atoms with van der Waals surface area (Å²) in [5.74, 6) is 0.593. The van der Waals surface area contributed by atoms with Crippen LogP contribution in [0.4, 0.5) is 5.69 Å². The summed E-state index contributed by atoms with van der Waals surface area (Å²) >= 11 is 0. The summed E-state index contributed by atoms with van der Waals surface area (Å²) in [7, 11) is 0. The van der Waals surface area contributed by atoms with Gasteiger partial charge in [0.15, 0.2) is 5.58 Å². The van der Waals surface area contributed by atoms with E-state index in [4.69, 9.17) is 14.9 Å². The van der Waals surface area contributed by atoms with Crippen LogP contribution in [0.1, 0.15) is 17.9 Å². The molecule has 0 atom stereocenters. The highest BCUT2D eigenvalue weighted by molar-refractivity contribution is 5.76. The van der Waals surface area contributed by atoms with Gasteiger partial charge in [-0.3, -0.25) is 0 Å². The van der Waals surface area contributed by atoms with Gasteiger partial charge in [-0.2, -0.15) is 0 Å². The predicted molar refractivity (Wildman–Crippen MR) is 82.8 cm³/mol. The fourth-order valence-corrected chi connectivity index (χ4v) is 2.24. The Balaban J connectivity index is 1.46. The third kappa shape index (κ3) is 3.61. The number of rotatable bonds is 6. The van der Waals surface area contributed by atoms with Crippen molar-refractivity contribution in [3.05, 3.63) is 60.0 Å². The zero-order valence-corrected chi connectivity index (χ0v) is 11.8. The average Bonchev–Trinajstić information content (AvgIpc) is 2.90. The minimum absolute atomic E-state index is 0.392. The van der Waals surface area contributed by atoms with Crippen LogP contribution in [-0.2, 0) is 17.8 Å². The molecule has 4 nitrogen and oxygen atoms in total. The number of benzene rings is 2. The third-order valence-electron chi connectivity index (χ3n) is 3.28. The van der Waals surface area contributed by atoms with Gasteiger partial charge in [-0.15, -0.1) is 0 Å². The summed E-state index contributed by atoms with van der Waals surface area (Å²) < 4.78 is 11.2. The summed E-state index contributed by atoms with van der Waals surface area (Å²) in [6.07, 6.45) is 2.00. The predicted octanol–water partition coefficient (Wildman–Crippen LogP) is 3.56. The lowest BCUT2D eigenvalue weighted by Gasteiger charge is -2.02. The first-order chi connectivity index (χ1) is 10.3. The van der Waals surface area contributed by atoms with E-state index in [1.54, 1.807) is 12.1 Å². The van der Waals surface area contributed by atoms with Crippen LogP contribution in [0.2, 0.25) is 0 Å². The second kappa shape index (κ2) is 6.41. The van der Waals surface area contributed by atoms with Crippen molar-refractivity contribution in [2.75, 3.05) is 12.3 Å². The number of fused-ring (bicyclic) bond motifs is 1. The first-order valence-electron chi connectivity index (χ1n) is 7.08. The maximum Gasteiger partial charge on any atom is 0.221 e. The second-order valence-corrected chi connectivity index (χ2v) is 4.98. The molecule has 0 saturated carbocycles. The lowest BCUT2D eigenvalue weighted by Crippen LogP contribution is -1.97. The summed E-state index contributed by atoms with van der Waals surface area (Å²) in [5.41, 5.74) is 9.25. The van der Waals surface area contributed by atoms with Crippen LogP contribution in [0.25, 0.3) is 11.1 Å². The maximum atomic E-state index is 5.72. The number of anilines is 1. The molecule has 3 rings (SSSR count). The molecule has 1 aromatic heterocycles. The number of hydrogen-bond donors (Lipinski definition) is 1. The van der Waals surface area contributed by atoms with Crippen LogP contribution in [0, 0.1) is 0 Å². The smallest absolute Gasteiger partial charge is 0.221 e. The molecule has 0 aliphatic carbocycles. The Bertz CT molecular complexity index is 707. The monoisotopic (exact) mass is 282 g/mol. The zero-order valence-electron chi connectivity index (χ0n) is 11.8. The van der Waals surface area contributed by atoms with E-state index < -0.39 is 0 Å². The zero-order chi connectivity index (χ0) is 14.5. The molecule has 108 valence electrons. The van der Waals surface area contributed by atoms with Gasteiger partial charge >= 0.3 is 0 Å². The molecule has 0 bridgehead atoms. The van der Waals surface area contributed by atoms with Gasteiger partial charge in [0.1, 0.15) is 12.1 Å². The van der Waals surface area contributed by atoms with Crippen molar-refractivity contribution in [3.63, 3.8) is 0 Å². The Hall–Kier alpha value is -2.33. The Kier molecular flexibility index (Phi) is 4.17. The van der Waals surface area contributed by atoms with E-state index in [0.717, 1.165) is 23.9 Å². The Morgan fingerprint density at radius 3 is 2.81 bits per heavy atom. The minimum Gasteiger partial charge on any atom is -0.438 e. The van der Waals surface area contributed by atoms with Gasteiger partial charge in [0.05, 0.1) is 0 Å². The molecule has 0 amide bonds. The van der Waals surface area contributed by atoms with Gasteiger partial charge in [-0.05, 0) is 36.6 Å². The van der Waals surface area contributed by atoms with Gasteiger partial charge in [0.25, 0.3) is 0 Å². The van der Waals surface area contributed by atoms with Crippen LogP contribution in [0.3, 0.4) is 0 Å². The number of nitrogens with two attached hydrogens (primary N) is 1. The first kappa shape index (κ1) is 13.6. The molecule has 0 spiro atoms. The molecule has 4 heteroatoms. The molecule has 0 radical (unpaired) electrons. The van der Waals surface area contributed by atoms with Crippen LogP contribution < -0.4 is 5.73 Å². The molecule has 1 heterocycles. The fraction of sp³-hybridized carbons (Fsp3) is 0.235. The van der Waals surface area contributed by atoms with Crippen LogP contribution in [-0.4, -0.2) is 11.6 Å².